The molecule has 0 amide bonds. The van der Waals surface area contributed by atoms with Crippen molar-refractivity contribution >= 4 is 37.1 Å². The fourth-order valence-corrected chi connectivity index (χ4v) is 5.71. The summed E-state index contributed by atoms with van der Waals surface area (Å²) < 4.78 is 43.1. The number of esters is 1. The van der Waals surface area contributed by atoms with Crippen molar-refractivity contribution in [1.29, 1.82) is 0 Å². The zero-order valence-corrected chi connectivity index (χ0v) is 25.1. The topological polar surface area (TPSA) is 186 Å². The van der Waals surface area contributed by atoms with E-state index in [4.69, 9.17) is 19.7 Å². The first-order valence-corrected chi connectivity index (χ1v) is 14.7. The fraction of sp³-hybridized carbons (Fsp3) is 0.538. The van der Waals surface area contributed by atoms with Crippen molar-refractivity contribution < 1.29 is 37.9 Å². The van der Waals surface area contributed by atoms with E-state index in [1.54, 1.807) is 18.2 Å². The molecule has 232 valence electrons. The van der Waals surface area contributed by atoms with Gasteiger partial charge >= 0.3 is 14.1 Å². The highest BCUT2D eigenvalue weighted by Crippen LogP contribution is 2.43. The van der Waals surface area contributed by atoms with Gasteiger partial charge in [-0.05, 0) is 33.0 Å². The minimum Gasteiger partial charge on any atom is -0.575 e. The minimum absolute atomic E-state index is 0.00447. The number of imidazole rings is 1. The number of aliphatic hydroxyl groups is 1. The number of hydrogen-bond donors (Lipinski definition) is 2. The van der Waals surface area contributed by atoms with Crippen LogP contribution in [0.15, 0.2) is 35.3 Å². The summed E-state index contributed by atoms with van der Waals surface area (Å²) >= 11 is 0. The molecule has 0 bridgehead atoms. The van der Waals surface area contributed by atoms with Crippen molar-refractivity contribution in [2.75, 3.05) is 57.6 Å². The van der Waals surface area contributed by atoms with Crippen LogP contribution in [0.4, 0.5) is 16.2 Å². The summed E-state index contributed by atoms with van der Waals surface area (Å²) in [7, 11) is 0.594. The Hall–Kier alpha value is -3.69. The Labute approximate surface area is 248 Å². The molecule has 2 aromatic heterocycles. The Morgan fingerprint density at radius 3 is 2.70 bits per heavy atom. The number of hydrogen-bond acceptors (Lipinski definition) is 14. The summed E-state index contributed by atoms with van der Waals surface area (Å²) in [4.78, 5) is 41.4. The second kappa shape index (κ2) is 12.5. The number of benzene rings is 1. The standard InChI is InChI=1S/C26H34FN8O7P/c1-15(23(37)39-4)32-43(38)42-17-8-6-5-7-16(17)40-13-18-20(36)26(2,27)24(41-18)35-14-29-19-21(30-25(28)31-22(19)35)34-11-9-33(3)10-12-34/h5-8,14-15,18,20,24,36H,9-13H2,1-4H3,(H2,28,30,31)/t15-,18+,20+,24+,26+/m0/s1. The molecule has 0 saturated carbocycles. The van der Waals surface area contributed by atoms with Gasteiger partial charge in [0.1, 0.15) is 18.8 Å². The van der Waals surface area contributed by atoms with Crippen LogP contribution in [0.5, 0.6) is 11.5 Å². The van der Waals surface area contributed by atoms with Gasteiger partial charge in [0, 0.05) is 26.2 Å². The van der Waals surface area contributed by atoms with E-state index in [1.807, 2.05) is 7.05 Å². The van der Waals surface area contributed by atoms with Crippen LogP contribution in [0.1, 0.15) is 20.1 Å². The van der Waals surface area contributed by atoms with Crippen LogP contribution in [0.2, 0.25) is 0 Å². The Kier molecular flexibility index (Phi) is 8.94. The van der Waals surface area contributed by atoms with Crippen molar-refractivity contribution in [1.82, 2.24) is 24.4 Å². The molecule has 5 rings (SSSR count). The number of rotatable bonds is 9. The number of fused-ring (bicyclic) bond motifs is 1. The van der Waals surface area contributed by atoms with Crippen molar-refractivity contribution in [3.8, 4) is 11.5 Å². The molecule has 43 heavy (non-hydrogen) atoms. The molecule has 17 heteroatoms. The van der Waals surface area contributed by atoms with Gasteiger partial charge in [0.2, 0.25) is 11.7 Å². The monoisotopic (exact) mass is 620 g/mol. The number of nitrogens with zero attached hydrogens (tertiary/aromatic N) is 7. The zero-order valence-electron chi connectivity index (χ0n) is 24.2. The van der Waals surface area contributed by atoms with Gasteiger partial charge < -0.3 is 39.7 Å². The number of halogens is 1. The second-order valence-corrected chi connectivity index (χ2v) is 11.4. The van der Waals surface area contributed by atoms with E-state index in [9.17, 15) is 14.8 Å². The molecule has 0 aliphatic carbocycles. The Morgan fingerprint density at radius 2 is 2.00 bits per heavy atom. The summed E-state index contributed by atoms with van der Waals surface area (Å²) in [6, 6.07) is 5.31. The maximum Gasteiger partial charge on any atom is 0.395 e. The molecule has 3 aromatic rings. The number of para-hydroxylation sites is 2. The Balaban J connectivity index is 1.33. The van der Waals surface area contributed by atoms with Crippen molar-refractivity contribution in [2.24, 2.45) is 4.74 Å². The Morgan fingerprint density at radius 1 is 1.30 bits per heavy atom. The molecule has 4 heterocycles. The zero-order chi connectivity index (χ0) is 30.9. The lowest BCUT2D eigenvalue weighted by Crippen LogP contribution is -2.45. The number of carbonyl (C=O) groups excluding carboxylic acids is 1. The lowest BCUT2D eigenvalue weighted by Gasteiger charge is -2.33. The molecular weight excluding hydrogens is 586 g/mol. The molecule has 2 saturated heterocycles. The van der Waals surface area contributed by atoms with Crippen LogP contribution >= 0.6 is 8.17 Å². The number of aliphatic hydroxyl groups excluding tert-OH is 1. The van der Waals surface area contributed by atoms with Crippen LogP contribution in [0.3, 0.4) is 0 Å². The summed E-state index contributed by atoms with van der Waals surface area (Å²) in [6.07, 6.45) is -2.61. The third-order valence-corrected chi connectivity index (χ3v) is 8.32. The lowest BCUT2D eigenvalue weighted by atomic mass is 9.98. The molecular formula is C26H34FN8O7P. The highest BCUT2D eigenvalue weighted by atomic mass is 31.1. The summed E-state index contributed by atoms with van der Waals surface area (Å²) in [5.41, 5.74) is 4.50. The van der Waals surface area contributed by atoms with Gasteiger partial charge in [0.05, 0.1) is 13.4 Å². The number of carbonyl (C=O) groups is 1. The predicted molar refractivity (Wildman–Crippen MR) is 152 cm³/mol. The molecule has 2 aliphatic heterocycles. The maximum atomic E-state index is 16.1. The van der Waals surface area contributed by atoms with E-state index in [1.165, 1.54) is 37.9 Å². The number of aromatic nitrogens is 4. The normalized spacial score (nSPS) is 25.6. The molecule has 2 fully saturated rings. The number of anilines is 2. The second-order valence-electron chi connectivity index (χ2n) is 10.5. The molecule has 0 spiro atoms. The first-order valence-electron chi connectivity index (χ1n) is 13.6. The molecule has 1 aromatic carbocycles. The maximum absolute atomic E-state index is 16.1. The van der Waals surface area contributed by atoms with Gasteiger partial charge in [-0.1, -0.05) is 16.9 Å². The smallest absolute Gasteiger partial charge is 0.395 e. The van der Waals surface area contributed by atoms with Gasteiger partial charge in [-0.2, -0.15) is 9.97 Å². The number of methoxy groups -OCH3 is 1. The van der Waals surface area contributed by atoms with Crippen molar-refractivity contribution in [3.05, 3.63) is 30.6 Å². The SMILES string of the molecule is COC(=O)[C@H](C)/N=[P+](\[O-])Oc1ccccc1OC[C@H]1O[C@@H](n2cnc3c(N4CCN(C)CC4)nc(N)nc32)[C@](C)(F)[C@@H]1O. The van der Waals surface area contributed by atoms with Crippen LogP contribution in [-0.2, 0) is 14.3 Å². The number of alkyl halides is 1. The summed E-state index contributed by atoms with van der Waals surface area (Å²) in [5.74, 6) is 0.113. The van der Waals surface area contributed by atoms with E-state index in [-0.39, 0.29) is 29.7 Å². The van der Waals surface area contributed by atoms with E-state index in [0.717, 1.165) is 13.1 Å². The van der Waals surface area contributed by atoms with E-state index < -0.39 is 44.3 Å². The van der Waals surface area contributed by atoms with Gasteiger partial charge in [-0.15, -0.1) is 0 Å². The fourth-order valence-electron chi connectivity index (χ4n) is 4.96. The van der Waals surface area contributed by atoms with Crippen LogP contribution in [0, 0.1) is 0 Å². The predicted octanol–water partition coefficient (Wildman–Crippen LogP) is 1.02. The number of likely N-dealkylation sites (N-methyl/N-ethyl adjacent to an activating group) is 1. The summed E-state index contributed by atoms with van der Waals surface area (Å²) in [5, 5.41) is 10.9. The number of piperazine rings is 1. The Bertz CT molecular complexity index is 1500. The summed E-state index contributed by atoms with van der Waals surface area (Å²) in [6.45, 7) is 5.47. The molecule has 2 aliphatic rings. The first kappa shape index (κ1) is 30.8. The molecule has 15 nitrogen and oxygen atoms in total. The van der Waals surface area contributed by atoms with Gasteiger partial charge in [-0.3, -0.25) is 9.09 Å². The van der Waals surface area contributed by atoms with Crippen molar-refractivity contribution in [2.45, 2.75) is 44.0 Å². The van der Waals surface area contributed by atoms with E-state index in [2.05, 4.69) is 34.2 Å². The highest BCUT2D eigenvalue weighted by molar-refractivity contribution is 7.34. The number of ether oxygens (including phenoxy) is 3. The highest BCUT2D eigenvalue weighted by Gasteiger charge is 2.55. The van der Waals surface area contributed by atoms with Gasteiger partial charge in [0.15, 0.2) is 40.7 Å². The average Bonchev–Trinajstić information content (AvgIpc) is 3.49. The van der Waals surface area contributed by atoms with Crippen LogP contribution in [-0.4, -0.2) is 106 Å². The molecule has 6 atom stereocenters. The van der Waals surface area contributed by atoms with Gasteiger partial charge in [0.25, 0.3) is 0 Å². The number of nitrogen functional groups attached to an aromatic ring is 1. The molecule has 1 unspecified atom stereocenters. The lowest BCUT2D eigenvalue weighted by molar-refractivity contribution is -0.169. The minimum atomic E-state index is -2.64. The molecule has 0 radical (unpaired) electrons. The van der Waals surface area contributed by atoms with Crippen molar-refractivity contribution in [3.63, 3.8) is 0 Å². The van der Waals surface area contributed by atoms with Crippen LogP contribution < -0.4 is 24.8 Å². The largest absolute Gasteiger partial charge is 0.575 e. The van der Waals surface area contributed by atoms with Gasteiger partial charge in [-0.25, -0.2) is 14.2 Å². The van der Waals surface area contributed by atoms with E-state index in [0.29, 0.717) is 24.4 Å². The molecule has 3 N–H and O–H groups in total. The average molecular weight is 621 g/mol. The third kappa shape index (κ3) is 6.33. The van der Waals surface area contributed by atoms with Crippen LogP contribution in [0.25, 0.3) is 11.2 Å². The third-order valence-electron chi connectivity index (χ3n) is 7.43. The number of nitrogens with two attached hydrogens (primary N) is 1. The quantitative estimate of drug-likeness (QED) is 0.255. The van der Waals surface area contributed by atoms with E-state index >= 15 is 4.39 Å². The first-order chi connectivity index (χ1) is 20.5.